The quantitative estimate of drug-likeness (QED) is 0.149. The van der Waals surface area contributed by atoms with E-state index in [-0.39, 0.29) is 11.3 Å². The lowest BCUT2D eigenvalue weighted by molar-refractivity contribution is -0.139. The summed E-state index contributed by atoms with van der Waals surface area (Å²) in [7, 11) is 3.06. The number of benzene rings is 3. The topological polar surface area (TPSA) is 103 Å². The highest BCUT2D eigenvalue weighted by atomic mass is 16.5. The van der Waals surface area contributed by atoms with Gasteiger partial charge in [0.2, 0.25) is 0 Å². The van der Waals surface area contributed by atoms with Crippen molar-refractivity contribution >= 4 is 17.4 Å². The number of ketones is 1. The van der Waals surface area contributed by atoms with Gasteiger partial charge in [0.1, 0.15) is 18.1 Å². The molecule has 1 fully saturated rings. The highest BCUT2D eigenvalue weighted by molar-refractivity contribution is 6.46. The van der Waals surface area contributed by atoms with E-state index in [1.807, 2.05) is 35.9 Å². The third-order valence-electron chi connectivity index (χ3n) is 7.25. The number of ether oxygens (including phenoxy) is 3. The van der Waals surface area contributed by atoms with E-state index in [2.05, 4.69) is 11.1 Å². The Morgan fingerprint density at radius 1 is 0.952 bits per heavy atom. The molecule has 5 rings (SSSR count). The molecule has 1 amide bonds. The fourth-order valence-corrected chi connectivity index (χ4v) is 5.16. The number of amides is 1. The SMILES string of the molecule is COc1ccc(C2/C(=C(\O)c3ccc(OCc4cccc(C)c4)cc3)C(=O)C(=O)N2CCCn2ccnc2)cc1OC. The van der Waals surface area contributed by atoms with Gasteiger partial charge in [-0.3, -0.25) is 9.59 Å². The average molecular weight is 568 g/mol. The first-order valence-corrected chi connectivity index (χ1v) is 13.6. The number of nitrogens with zero attached hydrogens (tertiary/aromatic N) is 3. The zero-order valence-corrected chi connectivity index (χ0v) is 23.8. The van der Waals surface area contributed by atoms with E-state index < -0.39 is 17.7 Å². The molecule has 0 aliphatic carbocycles. The van der Waals surface area contributed by atoms with Crippen molar-refractivity contribution in [1.29, 1.82) is 0 Å². The number of rotatable bonds is 11. The lowest BCUT2D eigenvalue weighted by Gasteiger charge is -2.26. The van der Waals surface area contributed by atoms with Crippen LogP contribution in [-0.2, 0) is 22.7 Å². The van der Waals surface area contributed by atoms with Crippen molar-refractivity contribution in [3.05, 3.63) is 113 Å². The number of hydrogen-bond donors (Lipinski definition) is 1. The molecule has 9 heteroatoms. The lowest BCUT2D eigenvalue weighted by atomic mass is 9.95. The monoisotopic (exact) mass is 567 g/mol. The van der Waals surface area contributed by atoms with Crippen LogP contribution >= 0.6 is 0 Å². The van der Waals surface area contributed by atoms with E-state index in [1.54, 1.807) is 55.0 Å². The molecule has 1 aromatic heterocycles. The van der Waals surface area contributed by atoms with Crippen molar-refractivity contribution in [3.8, 4) is 17.2 Å². The molecule has 0 saturated carbocycles. The number of aliphatic hydroxyl groups is 1. The van der Waals surface area contributed by atoms with Crippen molar-refractivity contribution in [3.63, 3.8) is 0 Å². The van der Waals surface area contributed by atoms with Gasteiger partial charge in [0.05, 0.1) is 32.2 Å². The Balaban J connectivity index is 1.45. The first-order chi connectivity index (χ1) is 20.4. The molecule has 0 spiro atoms. The van der Waals surface area contributed by atoms with Crippen LogP contribution in [0.1, 0.15) is 34.7 Å². The number of carbonyl (C=O) groups excluding carboxylic acids is 2. The van der Waals surface area contributed by atoms with Crippen LogP contribution in [0.4, 0.5) is 0 Å². The summed E-state index contributed by atoms with van der Waals surface area (Å²) in [4.78, 5) is 32.3. The van der Waals surface area contributed by atoms with Crippen LogP contribution in [0.25, 0.3) is 5.76 Å². The second-order valence-electron chi connectivity index (χ2n) is 10.1. The normalized spacial score (nSPS) is 16.1. The molecule has 216 valence electrons. The Morgan fingerprint density at radius 2 is 1.74 bits per heavy atom. The fraction of sp³-hybridized carbons (Fsp3) is 0.242. The van der Waals surface area contributed by atoms with Gasteiger partial charge in [0.25, 0.3) is 11.7 Å². The van der Waals surface area contributed by atoms with Crippen LogP contribution in [0, 0.1) is 6.92 Å². The summed E-state index contributed by atoms with van der Waals surface area (Å²) in [6.45, 7) is 3.34. The molecule has 1 aliphatic heterocycles. The second kappa shape index (κ2) is 12.6. The van der Waals surface area contributed by atoms with Gasteiger partial charge >= 0.3 is 0 Å². The molecule has 0 bridgehead atoms. The number of Topliss-reactive ketones (excluding diaryl/α,β-unsaturated/α-hetero) is 1. The molecule has 3 aromatic carbocycles. The molecule has 1 atom stereocenters. The highest BCUT2D eigenvalue weighted by Gasteiger charge is 2.46. The first-order valence-electron chi connectivity index (χ1n) is 13.6. The summed E-state index contributed by atoms with van der Waals surface area (Å²) in [5, 5.41) is 11.5. The maximum atomic E-state index is 13.4. The molecule has 9 nitrogen and oxygen atoms in total. The van der Waals surface area contributed by atoms with Crippen molar-refractivity contribution < 1.29 is 28.9 Å². The Bertz CT molecular complexity index is 1590. The van der Waals surface area contributed by atoms with E-state index in [0.717, 1.165) is 11.1 Å². The smallest absolute Gasteiger partial charge is 0.295 e. The van der Waals surface area contributed by atoms with Crippen molar-refractivity contribution in [2.24, 2.45) is 0 Å². The Labute approximate surface area is 244 Å². The minimum Gasteiger partial charge on any atom is -0.507 e. The Morgan fingerprint density at radius 3 is 2.43 bits per heavy atom. The minimum atomic E-state index is -0.815. The van der Waals surface area contributed by atoms with E-state index in [9.17, 15) is 14.7 Å². The Hall–Kier alpha value is -5.05. The summed E-state index contributed by atoms with van der Waals surface area (Å²) in [6, 6.07) is 19.3. The van der Waals surface area contributed by atoms with Crippen molar-refractivity contribution in [1.82, 2.24) is 14.5 Å². The van der Waals surface area contributed by atoms with Gasteiger partial charge in [-0.1, -0.05) is 35.9 Å². The zero-order chi connectivity index (χ0) is 29.6. The summed E-state index contributed by atoms with van der Waals surface area (Å²) < 4.78 is 18.7. The van der Waals surface area contributed by atoms with Gasteiger partial charge in [-0.15, -0.1) is 0 Å². The van der Waals surface area contributed by atoms with Gasteiger partial charge in [-0.25, -0.2) is 4.98 Å². The van der Waals surface area contributed by atoms with Crippen LogP contribution in [-0.4, -0.2) is 52.0 Å². The molecular formula is C33H33N3O6. The first kappa shape index (κ1) is 28.5. The summed E-state index contributed by atoms with van der Waals surface area (Å²) in [6.07, 6.45) is 5.82. The van der Waals surface area contributed by atoms with Crippen molar-refractivity contribution in [2.45, 2.75) is 32.5 Å². The van der Waals surface area contributed by atoms with E-state index in [0.29, 0.717) is 54.5 Å². The zero-order valence-electron chi connectivity index (χ0n) is 23.8. The van der Waals surface area contributed by atoms with E-state index >= 15 is 0 Å². The second-order valence-corrected chi connectivity index (χ2v) is 10.1. The number of hydrogen-bond acceptors (Lipinski definition) is 7. The number of imidazole rings is 1. The summed E-state index contributed by atoms with van der Waals surface area (Å²) in [5.41, 5.74) is 3.24. The lowest BCUT2D eigenvalue weighted by Crippen LogP contribution is -2.31. The van der Waals surface area contributed by atoms with Gasteiger partial charge in [0, 0.05) is 31.0 Å². The van der Waals surface area contributed by atoms with Crippen LogP contribution in [0.5, 0.6) is 17.2 Å². The number of aliphatic hydroxyl groups excluding tert-OH is 1. The summed E-state index contributed by atoms with van der Waals surface area (Å²) >= 11 is 0. The predicted octanol–water partition coefficient (Wildman–Crippen LogP) is 5.30. The third-order valence-corrected chi connectivity index (χ3v) is 7.25. The molecule has 1 aliphatic rings. The van der Waals surface area contributed by atoms with Crippen molar-refractivity contribution in [2.75, 3.05) is 20.8 Å². The molecule has 4 aromatic rings. The van der Waals surface area contributed by atoms with Crippen LogP contribution in [0.15, 0.2) is 91.0 Å². The molecular weight excluding hydrogens is 534 g/mol. The number of likely N-dealkylation sites (tertiary alicyclic amines) is 1. The minimum absolute atomic E-state index is 0.0169. The molecule has 2 heterocycles. The van der Waals surface area contributed by atoms with Crippen LogP contribution in [0.3, 0.4) is 0 Å². The molecule has 1 N–H and O–H groups in total. The van der Waals surface area contributed by atoms with Crippen LogP contribution < -0.4 is 14.2 Å². The van der Waals surface area contributed by atoms with Gasteiger partial charge < -0.3 is 28.8 Å². The summed E-state index contributed by atoms with van der Waals surface area (Å²) in [5.74, 6) is -0.0802. The largest absolute Gasteiger partial charge is 0.507 e. The molecule has 42 heavy (non-hydrogen) atoms. The third kappa shape index (κ3) is 6.00. The van der Waals surface area contributed by atoms with Crippen LogP contribution in [0.2, 0.25) is 0 Å². The standard InChI is InChI=1S/C33H33N3O6/c1-22-6-4-7-23(18-22)20-42-26-11-8-24(9-12-26)31(37)29-30(25-10-13-27(40-2)28(19-25)41-3)36(33(39)32(29)38)16-5-15-35-17-14-34-21-35/h4,6-14,17-19,21,30,37H,5,15-16,20H2,1-3H3/b31-29+. The van der Waals surface area contributed by atoms with E-state index in [1.165, 1.54) is 19.1 Å². The number of aromatic nitrogens is 2. The van der Waals surface area contributed by atoms with Gasteiger partial charge in [0.15, 0.2) is 11.5 Å². The number of methoxy groups -OCH3 is 2. The fourth-order valence-electron chi connectivity index (χ4n) is 5.16. The predicted molar refractivity (Wildman–Crippen MR) is 157 cm³/mol. The number of carbonyl (C=O) groups is 2. The maximum Gasteiger partial charge on any atom is 0.295 e. The van der Waals surface area contributed by atoms with E-state index in [4.69, 9.17) is 14.2 Å². The van der Waals surface area contributed by atoms with Gasteiger partial charge in [-0.05, 0) is 60.9 Å². The van der Waals surface area contributed by atoms with Gasteiger partial charge in [-0.2, -0.15) is 0 Å². The molecule has 0 radical (unpaired) electrons. The molecule has 1 unspecified atom stereocenters. The Kier molecular flexibility index (Phi) is 8.57. The maximum absolute atomic E-state index is 13.4. The average Bonchev–Trinajstić information content (AvgIpc) is 3.62. The highest BCUT2D eigenvalue weighted by Crippen LogP contribution is 2.42. The number of aryl methyl sites for hydroxylation is 2. The molecule has 1 saturated heterocycles.